The van der Waals surface area contributed by atoms with Crippen molar-refractivity contribution in [3.63, 3.8) is 0 Å². The lowest BCUT2D eigenvalue weighted by atomic mass is 10.0. The highest BCUT2D eigenvalue weighted by Gasteiger charge is 2.30. The van der Waals surface area contributed by atoms with Gasteiger partial charge in [-0.3, -0.25) is 4.79 Å². The summed E-state index contributed by atoms with van der Waals surface area (Å²) in [5, 5.41) is 7.63. The lowest BCUT2D eigenvalue weighted by Gasteiger charge is -2.26. The highest BCUT2D eigenvalue weighted by Crippen LogP contribution is 2.36. The van der Waals surface area contributed by atoms with E-state index >= 15 is 0 Å². The predicted molar refractivity (Wildman–Crippen MR) is 122 cm³/mol. The van der Waals surface area contributed by atoms with Crippen molar-refractivity contribution < 1.29 is 13.6 Å². The van der Waals surface area contributed by atoms with Crippen LogP contribution in [0.3, 0.4) is 0 Å². The van der Waals surface area contributed by atoms with Gasteiger partial charge in [-0.05, 0) is 56.1 Å². The number of hydrogen-bond donors (Lipinski definition) is 1. The molecule has 0 aliphatic carbocycles. The minimum Gasteiger partial charge on any atom is -0.349 e. The van der Waals surface area contributed by atoms with Crippen LogP contribution in [0.4, 0.5) is 14.6 Å². The molecule has 0 unspecified atom stereocenters. The van der Waals surface area contributed by atoms with Crippen LogP contribution in [0.2, 0.25) is 0 Å². The number of halogens is 2. The van der Waals surface area contributed by atoms with Crippen molar-refractivity contribution in [2.45, 2.75) is 25.3 Å². The zero-order chi connectivity index (χ0) is 22.8. The van der Waals surface area contributed by atoms with Crippen LogP contribution in [-0.2, 0) is 4.79 Å². The summed E-state index contributed by atoms with van der Waals surface area (Å²) in [7, 11) is 0. The van der Waals surface area contributed by atoms with Crippen LogP contribution >= 0.6 is 0 Å². The van der Waals surface area contributed by atoms with Gasteiger partial charge in [0.1, 0.15) is 17.5 Å². The van der Waals surface area contributed by atoms with E-state index in [1.54, 1.807) is 29.1 Å². The molecule has 2 fully saturated rings. The normalized spacial score (nSPS) is 19.5. The van der Waals surface area contributed by atoms with Gasteiger partial charge in [-0.2, -0.15) is 5.10 Å². The van der Waals surface area contributed by atoms with E-state index in [1.165, 1.54) is 12.1 Å². The number of carbonyl (C=O) groups excluding carboxylic acids is 1. The van der Waals surface area contributed by atoms with E-state index in [9.17, 15) is 13.6 Å². The van der Waals surface area contributed by atoms with E-state index in [-0.39, 0.29) is 11.9 Å². The number of rotatable bonds is 4. The number of carbonyl (C=O) groups is 1. The summed E-state index contributed by atoms with van der Waals surface area (Å²) in [6.45, 7) is 3.84. The molecule has 172 valence electrons. The molecule has 0 bridgehead atoms. The summed E-state index contributed by atoms with van der Waals surface area (Å²) >= 11 is 0. The second-order valence-electron chi connectivity index (χ2n) is 8.43. The first-order valence-corrected chi connectivity index (χ1v) is 11.3. The van der Waals surface area contributed by atoms with E-state index < -0.39 is 11.6 Å². The number of hydrogen-bond acceptors (Lipinski definition) is 5. The molecule has 2 aromatic heterocycles. The molecule has 9 heteroatoms. The number of fused-ring (bicyclic) bond motifs is 1. The van der Waals surface area contributed by atoms with Gasteiger partial charge in [0.15, 0.2) is 5.65 Å². The number of anilines is 1. The molecule has 2 saturated heterocycles. The molecule has 2 aliphatic rings. The highest BCUT2D eigenvalue weighted by atomic mass is 19.1. The summed E-state index contributed by atoms with van der Waals surface area (Å²) in [5.74, 6) is -0.219. The van der Waals surface area contributed by atoms with E-state index in [2.05, 4.69) is 10.4 Å². The van der Waals surface area contributed by atoms with Gasteiger partial charge in [-0.1, -0.05) is 0 Å². The number of nitrogens with zero attached hydrogens (tertiary/aromatic N) is 5. The van der Waals surface area contributed by atoms with E-state index in [1.807, 2.05) is 15.9 Å². The Morgan fingerprint density at radius 2 is 2.03 bits per heavy atom. The van der Waals surface area contributed by atoms with E-state index in [0.29, 0.717) is 30.1 Å². The quantitative estimate of drug-likeness (QED) is 0.616. The first-order valence-electron chi connectivity index (χ1n) is 11.3. The van der Waals surface area contributed by atoms with Crippen molar-refractivity contribution in [3.8, 4) is 0 Å². The molecule has 0 spiro atoms. The number of nitrogens with one attached hydrogen (secondary N) is 1. The second-order valence-corrected chi connectivity index (χ2v) is 8.43. The van der Waals surface area contributed by atoms with Crippen LogP contribution in [-0.4, -0.2) is 58.1 Å². The molecule has 33 heavy (non-hydrogen) atoms. The molecule has 1 N–H and O–H groups in total. The van der Waals surface area contributed by atoms with E-state index in [0.717, 1.165) is 50.5 Å². The van der Waals surface area contributed by atoms with Crippen LogP contribution < -0.4 is 10.2 Å². The van der Waals surface area contributed by atoms with Crippen molar-refractivity contribution in [2.75, 3.05) is 37.6 Å². The van der Waals surface area contributed by atoms with Gasteiger partial charge in [0, 0.05) is 49.6 Å². The lowest BCUT2D eigenvalue weighted by Crippen LogP contribution is -2.32. The molecule has 3 aromatic rings. The Labute approximate surface area is 190 Å². The van der Waals surface area contributed by atoms with Crippen LogP contribution in [0.5, 0.6) is 0 Å². The molecule has 0 saturated carbocycles. The Kier molecular flexibility index (Phi) is 6.04. The summed E-state index contributed by atoms with van der Waals surface area (Å²) < 4.78 is 29.9. The zero-order valence-corrected chi connectivity index (χ0v) is 18.3. The highest BCUT2D eigenvalue weighted by molar-refractivity contribution is 5.92. The topological polar surface area (TPSA) is 65.8 Å². The zero-order valence-electron chi connectivity index (χ0n) is 18.3. The summed E-state index contributed by atoms with van der Waals surface area (Å²) in [6.07, 6.45) is 9.30. The smallest absolute Gasteiger partial charge is 0.246 e. The third-order valence-corrected chi connectivity index (χ3v) is 6.30. The number of aromatic nitrogens is 3. The van der Waals surface area contributed by atoms with Crippen molar-refractivity contribution >= 4 is 23.4 Å². The standard InChI is InChI=1S/C24H26F2N6O/c25-18-5-6-20(26)19(15-18)21-3-1-12-31(21)22-8-13-32-24(29-22)17(16-28-32)4-7-23(33)30-11-2-9-27-10-14-30/h4-8,13,15-16,21,27H,1-3,9-12,14H2/b7-4+/t21-/m1/s1. The van der Waals surface area contributed by atoms with Crippen molar-refractivity contribution in [1.82, 2.24) is 24.8 Å². The van der Waals surface area contributed by atoms with Crippen molar-refractivity contribution in [2.24, 2.45) is 0 Å². The minimum atomic E-state index is -0.449. The first kappa shape index (κ1) is 21.5. The molecule has 1 atom stereocenters. The molecule has 1 aromatic carbocycles. The van der Waals surface area contributed by atoms with Crippen LogP contribution in [0.25, 0.3) is 11.7 Å². The Morgan fingerprint density at radius 3 is 2.94 bits per heavy atom. The van der Waals surface area contributed by atoms with Gasteiger partial charge in [-0.15, -0.1) is 0 Å². The van der Waals surface area contributed by atoms with Crippen LogP contribution in [0, 0.1) is 11.6 Å². The third kappa shape index (κ3) is 4.45. The molecule has 2 aliphatic heterocycles. The molecule has 5 rings (SSSR count). The molecule has 0 radical (unpaired) electrons. The maximum atomic E-state index is 14.5. The van der Waals surface area contributed by atoms with Gasteiger partial charge in [0.2, 0.25) is 5.91 Å². The predicted octanol–water partition coefficient (Wildman–Crippen LogP) is 3.18. The molecule has 4 heterocycles. The Bertz CT molecular complexity index is 1180. The van der Waals surface area contributed by atoms with Gasteiger partial charge in [0.05, 0.1) is 12.2 Å². The summed E-state index contributed by atoms with van der Waals surface area (Å²) in [4.78, 5) is 21.2. The second kappa shape index (κ2) is 9.27. The fraction of sp³-hybridized carbons (Fsp3) is 0.375. The average molecular weight is 453 g/mol. The minimum absolute atomic E-state index is 0.0320. The lowest BCUT2D eigenvalue weighted by molar-refractivity contribution is -0.125. The maximum Gasteiger partial charge on any atom is 0.246 e. The molecular weight excluding hydrogens is 426 g/mol. The van der Waals surface area contributed by atoms with Gasteiger partial charge in [-0.25, -0.2) is 18.3 Å². The number of benzene rings is 1. The Balaban J connectivity index is 1.41. The van der Waals surface area contributed by atoms with Gasteiger partial charge in [0.25, 0.3) is 0 Å². The third-order valence-electron chi connectivity index (χ3n) is 6.30. The summed E-state index contributed by atoms with van der Waals surface area (Å²) in [6, 6.07) is 5.13. The van der Waals surface area contributed by atoms with Crippen molar-refractivity contribution in [3.05, 3.63) is 65.5 Å². The van der Waals surface area contributed by atoms with Crippen LogP contribution in [0.15, 0.2) is 42.7 Å². The van der Waals surface area contributed by atoms with E-state index in [4.69, 9.17) is 4.98 Å². The SMILES string of the molecule is O=C(/C=C/c1cnn2ccc(N3CCC[C@@H]3c3cc(F)ccc3F)nc12)N1CCCNCC1. The monoisotopic (exact) mass is 452 g/mol. The average Bonchev–Trinajstić information content (AvgIpc) is 3.37. The number of amides is 1. The van der Waals surface area contributed by atoms with Crippen LogP contribution in [0.1, 0.15) is 36.4 Å². The van der Waals surface area contributed by atoms with Gasteiger partial charge >= 0.3 is 0 Å². The largest absolute Gasteiger partial charge is 0.349 e. The van der Waals surface area contributed by atoms with Gasteiger partial charge < -0.3 is 15.1 Å². The molecule has 1 amide bonds. The Hall–Kier alpha value is -3.33. The summed E-state index contributed by atoms with van der Waals surface area (Å²) in [5.41, 5.74) is 1.69. The first-order chi connectivity index (χ1) is 16.1. The Morgan fingerprint density at radius 1 is 1.12 bits per heavy atom. The van der Waals surface area contributed by atoms with Crippen molar-refractivity contribution in [1.29, 1.82) is 0 Å². The molecule has 7 nitrogen and oxygen atoms in total. The maximum absolute atomic E-state index is 14.5. The molecular formula is C24H26F2N6O. The fourth-order valence-corrected chi connectivity index (χ4v) is 4.62. The fourth-order valence-electron chi connectivity index (χ4n) is 4.62.